The summed E-state index contributed by atoms with van der Waals surface area (Å²) < 4.78 is 8.16. The van der Waals surface area contributed by atoms with Gasteiger partial charge in [0.15, 0.2) is 5.11 Å². The standard InChI is InChI=1S/C30H31ClN4OS/c1-18(2)36-24-13-11-23(12-14-24)35-29(28(33-30(35)37)26-8-6-7-15-32-26)25-16-20(4)34(21(25)5)27-17-22(31)10-9-19(27)3/h6-18,28-29H,1-5H3,(H,33,37)/t28-,29+/m1/s1. The number of rotatable bonds is 6. The van der Waals surface area contributed by atoms with Crippen LogP contribution in [0.15, 0.2) is 72.9 Å². The maximum Gasteiger partial charge on any atom is 0.174 e. The van der Waals surface area contributed by atoms with Gasteiger partial charge in [0.25, 0.3) is 0 Å². The van der Waals surface area contributed by atoms with Crippen molar-refractivity contribution in [1.82, 2.24) is 14.9 Å². The first-order chi connectivity index (χ1) is 17.7. The Morgan fingerprint density at radius 3 is 2.43 bits per heavy atom. The quantitative estimate of drug-likeness (QED) is 0.263. The van der Waals surface area contributed by atoms with Gasteiger partial charge in [0.1, 0.15) is 5.75 Å². The molecule has 0 unspecified atom stereocenters. The van der Waals surface area contributed by atoms with Crippen molar-refractivity contribution in [1.29, 1.82) is 0 Å². The Labute approximate surface area is 229 Å². The molecule has 2 atom stereocenters. The smallest absolute Gasteiger partial charge is 0.174 e. The molecule has 190 valence electrons. The van der Waals surface area contributed by atoms with Crippen LogP contribution in [-0.4, -0.2) is 20.8 Å². The molecule has 0 aliphatic carbocycles. The average Bonchev–Trinajstić information content (AvgIpc) is 3.36. The number of hydrogen-bond acceptors (Lipinski definition) is 3. The van der Waals surface area contributed by atoms with Crippen molar-refractivity contribution in [3.05, 3.63) is 106 Å². The number of ether oxygens (including phenoxy) is 1. The van der Waals surface area contributed by atoms with Crippen molar-refractivity contribution in [3.8, 4) is 11.4 Å². The zero-order valence-corrected chi connectivity index (χ0v) is 23.3. The molecular weight excluding hydrogens is 500 g/mol. The van der Waals surface area contributed by atoms with E-state index >= 15 is 0 Å². The predicted molar refractivity (Wildman–Crippen MR) is 155 cm³/mol. The van der Waals surface area contributed by atoms with Crippen molar-refractivity contribution < 1.29 is 4.74 Å². The maximum atomic E-state index is 6.41. The number of halogens is 1. The molecule has 0 saturated carbocycles. The molecule has 37 heavy (non-hydrogen) atoms. The van der Waals surface area contributed by atoms with Gasteiger partial charge >= 0.3 is 0 Å². The SMILES string of the molecule is Cc1ccc(Cl)cc1-n1c(C)cc([C@H]2[C@@H](c3ccccn3)NC(=S)N2c2ccc(OC(C)C)cc2)c1C. The Morgan fingerprint density at radius 2 is 1.76 bits per heavy atom. The van der Waals surface area contributed by atoms with Crippen LogP contribution < -0.4 is 15.0 Å². The average molecular weight is 531 g/mol. The summed E-state index contributed by atoms with van der Waals surface area (Å²) in [7, 11) is 0. The minimum absolute atomic E-state index is 0.0984. The molecule has 1 aliphatic heterocycles. The molecule has 0 radical (unpaired) electrons. The Balaban J connectivity index is 1.64. The van der Waals surface area contributed by atoms with Crippen LogP contribution in [0.1, 0.15) is 54.1 Å². The van der Waals surface area contributed by atoms with Crippen molar-refractivity contribution >= 4 is 34.6 Å². The Bertz CT molecular complexity index is 1430. The van der Waals surface area contributed by atoms with Gasteiger partial charge in [-0.3, -0.25) is 4.98 Å². The first-order valence-corrected chi connectivity index (χ1v) is 13.3. The van der Waals surface area contributed by atoms with Crippen LogP contribution in [-0.2, 0) is 0 Å². The molecule has 3 heterocycles. The fourth-order valence-corrected chi connectivity index (χ4v) is 5.70. The van der Waals surface area contributed by atoms with Gasteiger partial charge < -0.3 is 19.5 Å². The van der Waals surface area contributed by atoms with E-state index in [-0.39, 0.29) is 18.2 Å². The maximum absolute atomic E-state index is 6.41. The monoisotopic (exact) mass is 530 g/mol. The Morgan fingerprint density at radius 1 is 1.00 bits per heavy atom. The Kier molecular flexibility index (Phi) is 6.97. The van der Waals surface area contributed by atoms with Crippen molar-refractivity contribution in [2.45, 2.75) is 52.8 Å². The number of benzene rings is 2. The first kappa shape index (κ1) is 25.3. The summed E-state index contributed by atoms with van der Waals surface area (Å²) in [6.45, 7) is 10.5. The second-order valence-corrected chi connectivity index (χ2v) is 10.6. The zero-order valence-electron chi connectivity index (χ0n) is 21.7. The number of thiocarbonyl (C=S) groups is 1. The van der Waals surface area contributed by atoms with Gasteiger partial charge in [0.05, 0.1) is 23.9 Å². The first-order valence-electron chi connectivity index (χ1n) is 12.5. The largest absolute Gasteiger partial charge is 0.491 e. The van der Waals surface area contributed by atoms with Gasteiger partial charge in [-0.25, -0.2) is 0 Å². The highest BCUT2D eigenvalue weighted by Crippen LogP contribution is 2.44. The molecule has 7 heteroatoms. The molecule has 1 N–H and O–H groups in total. The number of aromatic nitrogens is 2. The molecule has 1 saturated heterocycles. The van der Waals surface area contributed by atoms with Crippen LogP contribution in [0.5, 0.6) is 5.75 Å². The molecule has 5 nitrogen and oxygen atoms in total. The van der Waals surface area contributed by atoms with Crippen molar-refractivity contribution in [3.63, 3.8) is 0 Å². The van der Waals surface area contributed by atoms with Gasteiger partial charge in [-0.2, -0.15) is 0 Å². The predicted octanol–water partition coefficient (Wildman–Crippen LogP) is 7.42. The van der Waals surface area contributed by atoms with Crippen molar-refractivity contribution in [2.24, 2.45) is 0 Å². The summed E-state index contributed by atoms with van der Waals surface area (Å²) in [6.07, 6.45) is 1.94. The van der Waals surface area contributed by atoms with Crippen LogP contribution in [0, 0.1) is 20.8 Å². The summed E-state index contributed by atoms with van der Waals surface area (Å²) in [6, 6.07) is 22.2. The fourth-order valence-electron chi connectivity index (χ4n) is 5.19. The number of nitrogens with one attached hydrogen (secondary N) is 1. The third kappa shape index (κ3) is 4.83. The summed E-state index contributed by atoms with van der Waals surface area (Å²) in [5.74, 6) is 0.837. The van der Waals surface area contributed by atoms with E-state index in [0.29, 0.717) is 5.11 Å². The van der Waals surface area contributed by atoms with Crippen LogP contribution >= 0.6 is 23.8 Å². The van der Waals surface area contributed by atoms with E-state index < -0.39 is 0 Å². The molecular formula is C30H31ClN4OS. The minimum Gasteiger partial charge on any atom is -0.491 e. The molecule has 0 spiro atoms. The van der Waals surface area contributed by atoms with Gasteiger partial charge in [0, 0.05) is 34.0 Å². The van der Waals surface area contributed by atoms with E-state index in [1.165, 1.54) is 5.56 Å². The highest BCUT2D eigenvalue weighted by atomic mass is 35.5. The minimum atomic E-state index is -0.116. The number of aryl methyl sites for hydroxylation is 2. The van der Waals surface area contributed by atoms with E-state index in [1.807, 2.05) is 56.4 Å². The second kappa shape index (κ2) is 10.2. The number of pyridine rings is 1. The molecule has 4 aromatic rings. The van der Waals surface area contributed by atoms with Gasteiger partial charge in [0.2, 0.25) is 0 Å². The van der Waals surface area contributed by atoms with Crippen molar-refractivity contribution in [2.75, 3.05) is 4.90 Å². The van der Waals surface area contributed by atoms with E-state index in [9.17, 15) is 0 Å². The topological polar surface area (TPSA) is 42.3 Å². The van der Waals surface area contributed by atoms with Gasteiger partial charge in [-0.15, -0.1) is 0 Å². The van der Waals surface area contributed by atoms with Gasteiger partial charge in [-0.05, 0) is 113 Å². The Hall–Kier alpha value is -3.35. The molecule has 0 bridgehead atoms. The summed E-state index contributed by atoms with van der Waals surface area (Å²) in [5, 5.41) is 4.95. The second-order valence-electron chi connectivity index (χ2n) is 9.75. The lowest BCUT2D eigenvalue weighted by atomic mass is 9.96. The highest BCUT2D eigenvalue weighted by Gasteiger charge is 2.42. The van der Waals surface area contributed by atoms with E-state index in [4.69, 9.17) is 33.5 Å². The lowest BCUT2D eigenvalue weighted by Crippen LogP contribution is -2.29. The number of nitrogens with zero attached hydrogens (tertiary/aromatic N) is 3. The van der Waals surface area contributed by atoms with Crippen LogP contribution in [0.3, 0.4) is 0 Å². The van der Waals surface area contributed by atoms with Gasteiger partial charge in [-0.1, -0.05) is 23.7 Å². The van der Waals surface area contributed by atoms with Crippen LogP contribution in [0.4, 0.5) is 5.69 Å². The van der Waals surface area contributed by atoms with E-state index in [2.05, 4.69) is 65.9 Å². The number of anilines is 1. The van der Waals surface area contributed by atoms with E-state index in [1.54, 1.807) is 0 Å². The molecule has 2 aromatic carbocycles. The lowest BCUT2D eigenvalue weighted by Gasteiger charge is -2.28. The molecule has 0 amide bonds. The molecule has 1 fully saturated rings. The molecule has 1 aliphatic rings. The molecule has 5 rings (SSSR count). The summed E-state index contributed by atoms with van der Waals surface area (Å²) in [5.41, 5.74) is 7.65. The zero-order chi connectivity index (χ0) is 26.3. The van der Waals surface area contributed by atoms with Crippen LogP contribution in [0.2, 0.25) is 5.02 Å². The molecule has 2 aromatic heterocycles. The highest BCUT2D eigenvalue weighted by molar-refractivity contribution is 7.80. The normalized spacial score (nSPS) is 17.4. The van der Waals surface area contributed by atoms with Crippen LogP contribution in [0.25, 0.3) is 5.69 Å². The third-order valence-electron chi connectivity index (χ3n) is 6.79. The third-order valence-corrected chi connectivity index (χ3v) is 7.34. The van der Waals surface area contributed by atoms with E-state index in [0.717, 1.165) is 44.8 Å². The fraction of sp³-hybridized carbons (Fsp3) is 0.267. The summed E-state index contributed by atoms with van der Waals surface area (Å²) in [4.78, 5) is 6.89. The number of hydrogen-bond donors (Lipinski definition) is 1. The lowest BCUT2D eigenvalue weighted by molar-refractivity contribution is 0.242. The summed E-state index contributed by atoms with van der Waals surface area (Å²) >= 11 is 12.3.